The molecule has 0 aliphatic heterocycles. The second-order valence-electron chi connectivity index (χ2n) is 7.76. The first-order valence-electron chi connectivity index (χ1n) is 9.22. The van der Waals surface area contributed by atoms with Crippen LogP contribution in [0.5, 0.6) is 0 Å². The minimum absolute atomic E-state index is 0.0334. The fourth-order valence-electron chi connectivity index (χ4n) is 2.03. The zero-order chi connectivity index (χ0) is 24.7. The highest BCUT2D eigenvalue weighted by Crippen LogP contribution is 2.44. The Kier molecular flexibility index (Phi) is 12.6. The van der Waals surface area contributed by atoms with Crippen LogP contribution in [0.2, 0.25) is 0 Å². The molecule has 0 aliphatic rings. The summed E-state index contributed by atoms with van der Waals surface area (Å²) in [5, 5.41) is 0. The molecule has 1 aromatic carbocycles. The maximum absolute atomic E-state index is 12.6. The molecule has 0 aliphatic carbocycles. The Morgan fingerprint density at radius 1 is 1.12 bits per heavy atom. The third kappa shape index (κ3) is 11.5. The van der Waals surface area contributed by atoms with Crippen LogP contribution in [0, 0.1) is 10.7 Å². The Bertz CT molecular complexity index is 880. The fourth-order valence-corrected chi connectivity index (χ4v) is 6.92. The number of ether oxygens (including phenoxy) is 2. The van der Waals surface area contributed by atoms with E-state index in [2.05, 4.69) is 29.2 Å². The van der Waals surface area contributed by atoms with Gasteiger partial charge in [0.2, 0.25) is 0 Å². The number of likely N-dealkylation sites (N-methyl/N-ethyl adjacent to an activating group) is 1. The predicted octanol–water partition coefficient (Wildman–Crippen LogP) is 3.98. The van der Waals surface area contributed by atoms with Crippen LogP contribution in [-0.4, -0.2) is 74.9 Å². The molecule has 0 saturated carbocycles. The van der Waals surface area contributed by atoms with E-state index in [1.165, 1.54) is 6.92 Å². The van der Waals surface area contributed by atoms with E-state index in [4.69, 9.17) is 18.5 Å². The molecule has 0 heterocycles. The van der Waals surface area contributed by atoms with E-state index < -0.39 is 39.1 Å². The summed E-state index contributed by atoms with van der Waals surface area (Å²) in [7, 11) is 1.21. The number of hydrogen-bond acceptors (Lipinski definition) is 7. The number of carbonyl (C=O) groups excluding carboxylic acids is 2. The number of benzene rings is 1. The second kappa shape index (κ2) is 13.3. The minimum atomic E-state index is -4.49. The smallest absolute Gasteiger partial charge is 0.459 e. The maximum atomic E-state index is 12.6. The van der Waals surface area contributed by atoms with Gasteiger partial charge in [-0.25, -0.2) is 14.2 Å². The number of esters is 2. The standard InChI is InChI=1S/C19H25I3NO8P/c1-12(2)18(24)28-10-14(31-32(26,27)30-7-6-23(3,4)5)11-29-19(25)17-15(21)8-13(20)9-16(17)22/h8-9,14H,1,6-7,10-11H2,2-5H3/p+1. The highest BCUT2D eigenvalue weighted by molar-refractivity contribution is 14.1. The van der Waals surface area contributed by atoms with E-state index in [1.807, 2.05) is 78.5 Å². The quantitative estimate of drug-likeness (QED) is 0.111. The second-order valence-corrected chi connectivity index (χ2v) is 12.7. The molecular weight excluding hydrogens is 782 g/mol. The van der Waals surface area contributed by atoms with Gasteiger partial charge in [-0.2, -0.15) is 0 Å². The Hall–Kier alpha value is 0.160. The Morgan fingerprint density at radius 3 is 2.16 bits per heavy atom. The SMILES string of the molecule is C=C(C)C(=O)OCC(COC(=O)c1c(I)cc(I)cc1I)OP(=O)(O)OCC[N+](C)(C)C. The number of phosphoric acid groups is 1. The summed E-state index contributed by atoms with van der Waals surface area (Å²) in [5.41, 5.74) is 0.519. The summed E-state index contributed by atoms with van der Waals surface area (Å²) < 4.78 is 35.7. The minimum Gasteiger partial charge on any atom is -0.459 e. The van der Waals surface area contributed by atoms with Crippen molar-refractivity contribution < 1.29 is 42.1 Å². The van der Waals surface area contributed by atoms with Crippen molar-refractivity contribution >= 4 is 87.5 Å². The van der Waals surface area contributed by atoms with E-state index in [-0.39, 0.29) is 12.2 Å². The van der Waals surface area contributed by atoms with Crippen molar-refractivity contribution in [1.82, 2.24) is 0 Å². The van der Waals surface area contributed by atoms with Crippen molar-refractivity contribution in [1.29, 1.82) is 0 Å². The van der Waals surface area contributed by atoms with Crippen LogP contribution in [0.3, 0.4) is 0 Å². The van der Waals surface area contributed by atoms with Gasteiger partial charge in [-0.1, -0.05) is 6.58 Å². The largest absolute Gasteiger partial charge is 0.472 e. The molecule has 1 aromatic rings. The Labute approximate surface area is 228 Å². The molecule has 13 heteroatoms. The third-order valence-electron chi connectivity index (χ3n) is 3.66. The molecule has 0 radical (unpaired) electrons. The van der Waals surface area contributed by atoms with Crippen LogP contribution in [-0.2, 0) is 27.9 Å². The van der Waals surface area contributed by atoms with Gasteiger partial charge in [0.25, 0.3) is 0 Å². The number of rotatable bonds is 12. The van der Waals surface area contributed by atoms with Crippen molar-refractivity contribution in [2.45, 2.75) is 13.0 Å². The van der Waals surface area contributed by atoms with Gasteiger partial charge in [0.15, 0.2) is 0 Å². The first-order chi connectivity index (χ1) is 14.6. The van der Waals surface area contributed by atoms with Crippen LogP contribution >= 0.6 is 75.6 Å². The highest BCUT2D eigenvalue weighted by atomic mass is 127. The summed E-state index contributed by atoms with van der Waals surface area (Å²) >= 11 is 6.21. The Morgan fingerprint density at radius 2 is 1.66 bits per heavy atom. The highest BCUT2D eigenvalue weighted by Gasteiger charge is 2.30. The lowest BCUT2D eigenvalue weighted by Gasteiger charge is -2.25. The first-order valence-corrected chi connectivity index (χ1v) is 13.9. The van der Waals surface area contributed by atoms with Crippen LogP contribution in [0.15, 0.2) is 24.3 Å². The molecule has 0 aromatic heterocycles. The lowest BCUT2D eigenvalue weighted by Crippen LogP contribution is -2.37. The molecule has 1 rings (SSSR count). The number of hydrogen-bond donors (Lipinski definition) is 1. The molecule has 9 nitrogen and oxygen atoms in total. The number of phosphoric ester groups is 1. The number of quaternary nitrogens is 1. The van der Waals surface area contributed by atoms with Gasteiger partial charge in [0.1, 0.15) is 32.5 Å². The zero-order valence-electron chi connectivity index (χ0n) is 18.1. The van der Waals surface area contributed by atoms with Gasteiger partial charge in [-0.15, -0.1) is 0 Å². The topological polar surface area (TPSA) is 108 Å². The van der Waals surface area contributed by atoms with Crippen molar-refractivity contribution in [2.24, 2.45) is 0 Å². The molecule has 180 valence electrons. The molecule has 0 fully saturated rings. The summed E-state index contributed by atoms with van der Waals surface area (Å²) in [5.74, 6) is -1.33. The zero-order valence-corrected chi connectivity index (χ0v) is 25.5. The van der Waals surface area contributed by atoms with Gasteiger partial charge in [-0.05, 0) is 86.8 Å². The molecule has 2 unspecified atom stereocenters. The van der Waals surface area contributed by atoms with Crippen LogP contribution in [0.4, 0.5) is 0 Å². The van der Waals surface area contributed by atoms with Crippen LogP contribution < -0.4 is 0 Å². The normalized spacial score (nSPS) is 14.4. The van der Waals surface area contributed by atoms with Crippen molar-refractivity contribution in [3.05, 3.63) is 40.6 Å². The number of halogens is 3. The molecule has 0 spiro atoms. The average Bonchev–Trinajstić information content (AvgIpc) is 2.61. The van der Waals surface area contributed by atoms with Gasteiger partial charge in [-0.3, -0.25) is 9.05 Å². The Balaban J connectivity index is 2.87. The molecule has 0 saturated heterocycles. The van der Waals surface area contributed by atoms with E-state index in [1.54, 1.807) is 0 Å². The van der Waals surface area contributed by atoms with Gasteiger partial charge in [0.05, 0.1) is 26.7 Å². The molecule has 0 amide bonds. The molecular formula is C19H26I3NO8P+. The van der Waals surface area contributed by atoms with E-state index in [9.17, 15) is 19.0 Å². The maximum Gasteiger partial charge on any atom is 0.472 e. The predicted molar refractivity (Wildman–Crippen MR) is 144 cm³/mol. The van der Waals surface area contributed by atoms with Gasteiger partial charge < -0.3 is 18.9 Å². The lowest BCUT2D eigenvalue weighted by molar-refractivity contribution is -0.870. The number of carbonyl (C=O) groups is 2. The summed E-state index contributed by atoms with van der Waals surface area (Å²) in [6.45, 7) is 4.51. The molecule has 0 bridgehead atoms. The monoisotopic (exact) mass is 808 g/mol. The number of nitrogens with zero attached hydrogens (tertiary/aromatic N) is 1. The molecule has 32 heavy (non-hydrogen) atoms. The van der Waals surface area contributed by atoms with E-state index in [0.29, 0.717) is 23.7 Å². The van der Waals surface area contributed by atoms with Crippen LogP contribution in [0.1, 0.15) is 17.3 Å². The lowest BCUT2D eigenvalue weighted by atomic mass is 10.2. The van der Waals surface area contributed by atoms with E-state index in [0.717, 1.165) is 3.57 Å². The van der Waals surface area contributed by atoms with Crippen molar-refractivity contribution in [3.8, 4) is 0 Å². The average molecular weight is 808 g/mol. The first kappa shape index (κ1) is 30.2. The van der Waals surface area contributed by atoms with Gasteiger partial charge in [0, 0.05) is 16.3 Å². The third-order valence-corrected chi connectivity index (χ3v) is 7.06. The summed E-state index contributed by atoms with van der Waals surface area (Å²) in [6.07, 6.45) is -1.22. The molecule has 1 N–H and O–H groups in total. The van der Waals surface area contributed by atoms with Crippen LogP contribution in [0.25, 0.3) is 0 Å². The van der Waals surface area contributed by atoms with E-state index >= 15 is 0 Å². The molecule has 2 atom stereocenters. The summed E-state index contributed by atoms with van der Waals surface area (Å²) in [4.78, 5) is 34.4. The van der Waals surface area contributed by atoms with Gasteiger partial charge >= 0.3 is 19.8 Å². The summed E-state index contributed by atoms with van der Waals surface area (Å²) in [6, 6.07) is 3.65. The van der Waals surface area contributed by atoms with Crippen molar-refractivity contribution in [3.63, 3.8) is 0 Å². The fraction of sp³-hybridized carbons (Fsp3) is 0.474. The van der Waals surface area contributed by atoms with Crippen molar-refractivity contribution in [2.75, 3.05) is 47.5 Å².